The van der Waals surface area contributed by atoms with Gasteiger partial charge in [0.1, 0.15) is 10.5 Å². The minimum Gasteiger partial charge on any atom is -0.384 e. The number of carbonyl (C=O) groups is 1. The number of rotatable bonds is 3. The highest BCUT2D eigenvalue weighted by Gasteiger charge is 2.35. The second-order valence-corrected chi connectivity index (χ2v) is 9.73. The monoisotopic (exact) mass is 536 g/mol. The third kappa shape index (κ3) is 4.05. The number of amides is 1. The van der Waals surface area contributed by atoms with Gasteiger partial charge >= 0.3 is 0 Å². The predicted octanol–water partition coefficient (Wildman–Crippen LogP) is 3.44. The molecule has 1 amide bonds. The van der Waals surface area contributed by atoms with E-state index in [1.807, 2.05) is 6.07 Å². The second-order valence-electron chi connectivity index (χ2n) is 7.01. The van der Waals surface area contributed by atoms with Gasteiger partial charge in [-0.25, -0.2) is 0 Å². The molecule has 0 spiro atoms. The number of allylic oxidation sites excluding steroid dienone is 1. The first-order valence-electron chi connectivity index (χ1n) is 9.21. The summed E-state index contributed by atoms with van der Waals surface area (Å²) < 4.78 is 1.55. The van der Waals surface area contributed by atoms with Crippen LogP contribution in [0.3, 0.4) is 0 Å². The number of primary amides is 1. The molecule has 4 N–H and O–H groups in total. The first-order chi connectivity index (χ1) is 15.6. The van der Waals surface area contributed by atoms with Crippen molar-refractivity contribution in [1.29, 1.82) is 5.26 Å². The van der Waals surface area contributed by atoms with Crippen molar-refractivity contribution in [3.8, 4) is 6.07 Å². The van der Waals surface area contributed by atoms with Gasteiger partial charge in [0.2, 0.25) is 5.91 Å². The lowest BCUT2D eigenvalue weighted by Crippen LogP contribution is -2.41. The van der Waals surface area contributed by atoms with Gasteiger partial charge in [-0.05, 0) is 41.5 Å². The highest BCUT2D eigenvalue weighted by molar-refractivity contribution is 7.07. The SMILES string of the molecule is N#CC1=C(N)n2c(s/c(=C\c3ccc(Cl)cc3Cl)c2=O)=C(C(N)=O)[C@@H]1c1ccc(Cl)cc1Cl. The summed E-state index contributed by atoms with van der Waals surface area (Å²) in [5.74, 6) is -1.91. The van der Waals surface area contributed by atoms with Gasteiger partial charge < -0.3 is 11.5 Å². The maximum Gasteiger partial charge on any atom is 0.274 e. The first kappa shape index (κ1) is 23.4. The van der Waals surface area contributed by atoms with Crippen LogP contribution in [-0.4, -0.2) is 10.5 Å². The molecule has 0 bridgehead atoms. The number of halogens is 4. The van der Waals surface area contributed by atoms with E-state index in [9.17, 15) is 14.9 Å². The van der Waals surface area contributed by atoms with E-state index in [0.717, 1.165) is 15.9 Å². The molecule has 11 heteroatoms. The van der Waals surface area contributed by atoms with Crippen molar-refractivity contribution in [3.63, 3.8) is 0 Å². The molecule has 33 heavy (non-hydrogen) atoms. The molecule has 6 nitrogen and oxygen atoms in total. The number of hydrogen-bond donors (Lipinski definition) is 2. The summed E-state index contributed by atoms with van der Waals surface area (Å²) in [4.78, 5) is 25.8. The van der Waals surface area contributed by atoms with E-state index in [4.69, 9.17) is 57.9 Å². The van der Waals surface area contributed by atoms with E-state index in [0.29, 0.717) is 26.2 Å². The van der Waals surface area contributed by atoms with Gasteiger partial charge in [0.25, 0.3) is 5.56 Å². The third-order valence-electron chi connectivity index (χ3n) is 5.06. The highest BCUT2D eigenvalue weighted by Crippen LogP contribution is 2.39. The van der Waals surface area contributed by atoms with Gasteiger partial charge in [-0.15, -0.1) is 11.3 Å². The Kier molecular flexibility index (Phi) is 6.32. The Bertz CT molecular complexity index is 1600. The summed E-state index contributed by atoms with van der Waals surface area (Å²) in [7, 11) is 0. The summed E-state index contributed by atoms with van der Waals surface area (Å²) in [6, 6.07) is 11.5. The number of benzene rings is 2. The largest absolute Gasteiger partial charge is 0.384 e. The fourth-order valence-electron chi connectivity index (χ4n) is 3.59. The molecule has 0 saturated heterocycles. The number of aromatic nitrogens is 1. The Hall–Kier alpha value is -2.73. The van der Waals surface area contributed by atoms with Crippen molar-refractivity contribution in [3.05, 3.63) is 92.7 Å². The quantitative estimate of drug-likeness (QED) is 0.532. The average molecular weight is 538 g/mol. The van der Waals surface area contributed by atoms with Gasteiger partial charge in [-0.3, -0.25) is 14.2 Å². The fraction of sp³-hybridized carbons (Fsp3) is 0.0455. The molecule has 0 aliphatic carbocycles. The van der Waals surface area contributed by atoms with E-state index >= 15 is 0 Å². The maximum atomic E-state index is 13.2. The molecular weight excluding hydrogens is 526 g/mol. The first-order valence-corrected chi connectivity index (χ1v) is 11.5. The zero-order chi connectivity index (χ0) is 24.0. The maximum absolute atomic E-state index is 13.2. The molecule has 0 fully saturated rings. The van der Waals surface area contributed by atoms with E-state index in [2.05, 4.69) is 0 Å². The molecule has 0 unspecified atom stereocenters. The number of nitrogens with zero attached hydrogens (tertiary/aromatic N) is 2. The van der Waals surface area contributed by atoms with Gasteiger partial charge in [0, 0.05) is 20.1 Å². The predicted molar refractivity (Wildman–Crippen MR) is 133 cm³/mol. The van der Waals surface area contributed by atoms with Crippen LogP contribution >= 0.6 is 57.7 Å². The van der Waals surface area contributed by atoms with Gasteiger partial charge in [0.05, 0.1) is 27.7 Å². The molecule has 166 valence electrons. The minimum atomic E-state index is -0.970. The minimum absolute atomic E-state index is 0.0222. The molecule has 2 aromatic carbocycles. The summed E-state index contributed by atoms with van der Waals surface area (Å²) >= 11 is 25.6. The van der Waals surface area contributed by atoms with Crippen molar-refractivity contribution in [1.82, 2.24) is 4.57 Å². The Balaban J connectivity index is 2.11. The van der Waals surface area contributed by atoms with Crippen LogP contribution in [0, 0.1) is 11.3 Å². The molecule has 2 heterocycles. The Morgan fingerprint density at radius 2 is 1.73 bits per heavy atom. The van der Waals surface area contributed by atoms with Gasteiger partial charge in [-0.1, -0.05) is 58.5 Å². The smallest absolute Gasteiger partial charge is 0.274 e. The van der Waals surface area contributed by atoms with E-state index in [-0.39, 0.29) is 31.2 Å². The molecule has 3 aromatic rings. The molecule has 0 saturated carbocycles. The second kappa shape index (κ2) is 8.90. The Morgan fingerprint density at radius 1 is 1.09 bits per heavy atom. The lowest BCUT2D eigenvalue weighted by atomic mass is 9.83. The van der Waals surface area contributed by atoms with Crippen molar-refractivity contribution < 1.29 is 4.79 Å². The highest BCUT2D eigenvalue weighted by atomic mass is 35.5. The summed E-state index contributed by atoms with van der Waals surface area (Å²) in [6.45, 7) is 0. The van der Waals surface area contributed by atoms with E-state index < -0.39 is 17.4 Å². The number of nitrogens with two attached hydrogens (primary N) is 2. The fourth-order valence-corrected chi connectivity index (χ4v) is 5.75. The van der Waals surface area contributed by atoms with Crippen LogP contribution in [-0.2, 0) is 4.79 Å². The standard InChI is InChI=1S/C22H12Cl4N4O2S/c23-10-2-1-9(14(25)6-10)5-16-21(32)30-19(28)13(8-27)17(18(20(29)31)22(30)33-16)12-4-3-11(24)7-15(12)26/h1-7,17H,28H2,(H2,29,31)/b16-5-/t17-/m1/s1. The van der Waals surface area contributed by atoms with Crippen LogP contribution in [0.1, 0.15) is 17.0 Å². The lowest BCUT2D eigenvalue weighted by molar-refractivity contribution is -0.113. The van der Waals surface area contributed by atoms with E-state index in [1.54, 1.807) is 36.4 Å². The Morgan fingerprint density at radius 3 is 2.30 bits per heavy atom. The molecular formula is C22H12Cl4N4O2S. The number of nitriles is 1. The average Bonchev–Trinajstić information content (AvgIpc) is 3.06. The van der Waals surface area contributed by atoms with Crippen LogP contribution < -0.4 is 26.2 Å². The van der Waals surface area contributed by atoms with Gasteiger partial charge in [-0.2, -0.15) is 5.26 Å². The summed E-state index contributed by atoms with van der Waals surface area (Å²) in [5.41, 5.74) is 12.4. The summed E-state index contributed by atoms with van der Waals surface area (Å²) in [6.07, 6.45) is 1.55. The van der Waals surface area contributed by atoms with Crippen LogP contribution in [0.4, 0.5) is 0 Å². The number of fused-ring (bicyclic) bond motifs is 1. The van der Waals surface area contributed by atoms with Crippen LogP contribution in [0.5, 0.6) is 0 Å². The van der Waals surface area contributed by atoms with E-state index in [1.165, 1.54) is 6.07 Å². The zero-order valence-electron chi connectivity index (χ0n) is 16.4. The Labute approximate surface area is 211 Å². The molecule has 1 aromatic heterocycles. The number of carbonyl (C=O) groups excluding carboxylic acids is 1. The van der Waals surface area contributed by atoms with Crippen molar-refractivity contribution in [2.24, 2.45) is 11.5 Å². The van der Waals surface area contributed by atoms with Gasteiger partial charge in [0.15, 0.2) is 0 Å². The van der Waals surface area contributed by atoms with Crippen LogP contribution in [0.25, 0.3) is 17.5 Å². The molecule has 1 aliphatic heterocycles. The van der Waals surface area contributed by atoms with Crippen molar-refractivity contribution >= 4 is 81.1 Å². The van der Waals surface area contributed by atoms with Crippen molar-refractivity contribution in [2.75, 3.05) is 0 Å². The lowest BCUT2D eigenvalue weighted by Gasteiger charge is -2.24. The van der Waals surface area contributed by atoms with Crippen molar-refractivity contribution in [2.45, 2.75) is 5.92 Å². The number of hydrogen-bond acceptors (Lipinski definition) is 5. The molecule has 0 radical (unpaired) electrons. The van der Waals surface area contributed by atoms with Crippen LogP contribution in [0.15, 0.2) is 46.8 Å². The number of thiazole rings is 1. The molecule has 1 atom stereocenters. The normalized spacial score (nSPS) is 16.0. The molecule has 4 rings (SSSR count). The summed E-state index contributed by atoms with van der Waals surface area (Å²) in [5, 5.41) is 11.3. The zero-order valence-corrected chi connectivity index (χ0v) is 20.2. The third-order valence-corrected chi connectivity index (χ3v) is 7.29. The van der Waals surface area contributed by atoms with Crippen LogP contribution in [0.2, 0.25) is 20.1 Å². The topological polar surface area (TPSA) is 115 Å². The molecule has 1 aliphatic rings.